The standard InChI is InChI=1S/C14H18FNO5/c1-19-11-5-4-10(12(15)6-11)7-16(8-13(17)20-2)9-14(18)21-3/h4-6H,7-9H2,1-3H3. The number of hydrogen-bond acceptors (Lipinski definition) is 6. The van der Waals surface area contributed by atoms with E-state index in [9.17, 15) is 14.0 Å². The Balaban J connectivity index is 2.83. The van der Waals surface area contributed by atoms with Crippen molar-refractivity contribution in [3.63, 3.8) is 0 Å². The molecular formula is C14H18FNO5. The molecule has 0 aromatic heterocycles. The largest absolute Gasteiger partial charge is 0.497 e. The van der Waals surface area contributed by atoms with Crippen LogP contribution in [0.1, 0.15) is 5.56 Å². The van der Waals surface area contributed by atoms with E-state index in [1.807, 2.05) is 0 Å². The topological polar surface area (TPSA) is 65.1 Å². The lowest BCUT2D eigenvalue weighted by molar-refractivity contribution is -0.145. The van der Waals surface area contributed by atoms with Gasteiger partial charge in [-0.15, -0.1) is 0 Å². The van der Waals surface area contributed by atoms with Crippen LogP contribution >= 0.6 is 0 Å². The highest BCUT2D eigenvalue weighted by Gasteiger charge is 2.17. The summed E-state index contributed by atoms with van der Waals surface area (Å²) in [5.41, 5.74) is 0.337. The van der Waals surface area contributed by atoms with Gasteiger partial charge in [0, 0.05) is 18.2 Å². The van der Waals surface area contributed by atoms with Crippen molar-refractivity contribution >= 4 is 11.9 Å². The van der Waals surface area contributed by atoms with Gasteiger partial charge in [0.15, 0.2) is 0 Å². The number of nitrogens with zero attached hydrogens (tertiary/aromatic N) is 1. The fraction of sp³-hybridized carbons (Fsp3) is 0.429. The Morgan fingerprint density at radius 2 is 1.67 bits per heavy atom. The van der Waals surface area contributed by atoms with Gasteiger partial charge in [0.2, 0.25) is 0 Å². The first-order valence-corrected chi connectivity index (χ1v) is 6.18. The van der Waals surface area contributed by atoms with Crippen molar-refractivity contribution in [1.29, 1.82) is 0 Å². The van der Waals surface area contributed by atoms with E-state index in [0.717, 1.165) is 0 Å². The first-order valence-electron chi connectivity index (χ1n) is 6.18. The van der Waals surface area contributed by atoms with Crippen molar-refractivity contribution in [1.82, 2.24) is 4.90 Å². The van der Waals surface area contributed by atoms with Gasteiger partial charge in [0.1, 0.15) is 11.6 Å². The van der Waals surface area contributed by atoms with E-state index in [1.54, 1.807) is 6.07 Å². The first-order chi connectivity index (χ1) is 9.99. The van der Waals surface area contributed by atoms with Crippen molar-refractivity contribution in [3.05, 3.63) is 29.6 Å². The molecule has 0 aliphatic carbocycles. The maximum Gasteiger partial charge on any atom is 0.319 e. The van der Waals surface area contributed by atoms with Gasteiger partial charge in [-0.1, -0.05) is 6.07 Å². The maximum atomic E-state index is 13.9. The lowest BCUT2D eigenvalue weighted by Gasteiger charge is -2.20. The Morgan fingerprint density at radius 3 is 2.10 bits per heavy atom. The van der Waals surface area contributed by atoms with E-state index in [0.29, 0.717) is 11.3 Å². The van der Waals surface area contributed by atoms with Crippen molar-refractivity contribution in [2.24, 2.45) is 0 Å². The normalized spacial score (nSPS) is 10.3. The first kappa shape index (κ1) is 16.9. The zero-order chi connectivity index (χ0) is 15.8. The fourth-order valence-corrected chi connectivity index (χ4v) is 1.69. The molecule has 0 bridgehead atoms. The quantitative estimate of drug-likeness (QED) is 0.699. The summed E-state index contributed by atoms with van der Waals surface area (Å²) in [5.74, 6) is -1.13. The van der Waals surface area contributed by atoms with E-state index in [4.69, 9.17) is 4.74 Å². The Labute approximate surface area is 122 Å². The molecule has 0 aliphatic heterocycles. The minimum Gasteiger partial charge on any atom is -0.497 e. The van der Waals surface area contributed by atoms with E-state index in [-0.39, 0.29) is 19.6 Å². The molecule has 1 aromatic carbocycles. The Kier molecular flexibility index (Phi) is 6.61. The van der Waals surface area contributed by atoms with Crippen LogP contribution < -0.4 is 4.74 Å². The third-order valence-corrected chi connectivity index (χ3v) is 2.81. The fourth-order valence-electron chi connectivity index (χ4n) is 1.69. The molecule has 1 aromatic rings. The maximum absolute atomic E-state index is 13.9. The van der Waals surface area contributed by atoms with Gasteiger partial charge >= 0.3 is 11.9 Å². The van der Waals surface area contributed by atoms with Crippen LogP contribution in [0.25, 0.3) is 0 Å². The molecule has 7 heteroatoms. The zero-order valence-electron chi connectivity index (χ0n) is 12.2. The molecule has 0 heterocycles. The summed E-state index contributed by atoms with van der Waals surface area (Å²) in [4.78, 5) is 24.1. The molecule has 0 fully saturated rings. The van der Waals surface area contributed by atoms with Crippen molar-refractivity contribution in [3.8, 4) is 5.75 Å². The number of rotatable bonds is 7. The molecule has 0 radical (unpaired) electrons. The number of hydrogen-bond donors (Lipinski definition) is 0. The SMILES string of the molecule is COC(=O)CN(CC(=O)OC)Cc1ccc(OC)cc1F. The average Bonchev–Trinajstić information content (AvgIpc) is 2.48. The molecule has 0 atom stereocenters. The lowest BCUT2D eigenvalue weighted by atomic mass is 10.2. The lowest BCUT2D eigenvalue weighted by Crippen LogP contribution is -2.35. The Bertz CT molecular complexity index is 488. The number of methoxy groups -OCH3 is 3. The van der Waals surface area contributed by atoms with E-state index in [2.05, 4.69) is 9.47 Å². The Morgan fingerprint density at radius 1 is 1.10 bits per heavy atom. The number of carbonyl (C=O) groups excluding carboxylic acids is 2. The molecule has 0 saturated carbocycles. The summed E-state index contributed by atoms with van der Waals surface area (Å²) in [5, 5.41) is 0. The molecule has 0 saturated heterocycles. The van der Waals surface area contributed by atoms with Gasteiger partial charge in [0.05, 0.1) is 34.4 Å². The molecule has 21 heavy (non-hydrogen) atoms. The van der Waals surface area contributed by atoms with Gasteiger partial charge in [-0.05, 0) is 6.07 Å². The monoisotopic (exact) mass is 299 g/mol. The second-order valence-electron chi connectivity index (χ2n) is 4.25. The van der Waals surface area contributed by atoms with Crippen LogP contribution in [0.15, 0.2) is 18.2 Å². The van der Waals surface area contributed by atoms with Gasteiger partial charge in [-0.25, -0.2) is 4.39 Å². The summed E-state index contributed by atoms with van der Waals surface area (Å²) < 4.78 is 27.9. The number of carbonyl (C=O) groups is 2. The van der Waals surface area contributed by atoms with Crippen LogP contribution in [-0.2, 0) is 25.6 Å². The highest BCUT2D eigenvalue weighted by molar-refractivity contribution is 5.74. The van der Waals surface area contributed by atoms with Crippen molar-refractivity contribution in [2.75, 3.05) is 34.4 Å². The molecular weight excluding hydrogens is 281 g/mol. The minimum atomic E-state index is -0.521. The zero-order valence-corrected chi connectivity index (χ0v) is 12.2. The number of halogens is 1. The van der Waals surface area contributed by atoms with E-state index >= 15 is 0 Å². The summed E-state index contributed by atoms with van der Waals surface area (Å²) in [6.45, 7) is -0.214. The molecule has 0 unspecified atom stereocenters. The highest BCUT2D eigenvalue weighted by atomic mass is 19.1. The molecule has 0 aliphatic rings. The summed E-state index contributed by atoms with van der Waals surface area (Å²) >= 11 is 0. The van der Waals surface area contributed by atoms with Crippen molar-refractivity contribution < 1.29 is 28.2 Å². The van der Waals surface area contributed by atoms with Gasteiger partial charge in [-0.3, -0.25) is 14.5 Å². The van der Waals surface area contributed by atoms with Crippen LogP contribution in [0.4, 0.5) is 4.39 Å². The highest BCUT2D eigenvalue weighted by Crippen LogP contribution is 2.17. The molecule has 1 rings (SSSR count). The second kappa shape index (κ2) is 8.21. The average molecular weight is 299 g/mol. The van der Waals surface area contributed by atoms with Crippen LogP contribution in [0.5, 0.6) is 5.75 Å². The molecule has 6 nitrogen and oxygen atoms in total. The van der Waals surface area contributed by atoms with E-state index in [1.165, 1.54) is 38.4 Å². The molecule has 0 N–H and O–H groups in total. The third-order valence-electron chi connectivity index (χ3n) is 2.81. The molecule has 0 spiro atoms. The second-order valence-corrected chi connectivity index (χ2v) is 4.25. The van der Waals surface area contributed by atoms with Crippen LogP contribution in [0.3, 0.4) is 0 Å². The van der Waals surface area contributed by atoms with Crippen LogP contribution in [-0.4, -0.2) is 51.3 Å². The summed E-state index contributed by atoms with van der Waals surface area (Å²) in [6, 6.07) is 4.38. The molecule has 116 valence electrons. The Hall–Kier alpha value is -2.15. The van der Waals surface area contributed by atoms with Crippen LogP contribution in [0, 0.1) is 5.82 Å². The molecule has 0 amide bonds. The number of ether oxygens (including phenoxy) is 3. The minimum absolute atomic E-state index is 0.0695. The predicted molar refractivity (Wildman–Crippen MR) is 72.3 cm³/mol. The smallest absolute Gasteiger partial charge is 0.319 e. The van der Waals surface area contributed by atoms with Crippen LogP contribution in [0.2, 0.25) is 0 Å². The summed E-state index contributed by atoms with van der Waals surface area (Å²) in [7, 11) is 3.93. The third kappa shape index (κ3) is 5.39. The van der Waals surface area contributed by atoms with Crippen molar-refractivity contribution in [2.45, 2.75) is 6.54 Å². The van der Waals surface area contributed by atoms with Gasteiger partial charge < -0.3 is 14.2 Å². The summed E-state index contributed by atoms with van der Waals surface area (Å²) in [6.07, 6.45) is 0. The van der Waals surface area contributed by atoms with Gasteiger partial charge in [0.25, 0.3) is 0 Å². The number of esters is 2. The number of benzene rings is 1. The van der Waals surface area contributed by atoms with Gasteiger partial charge in [-0.2, -0.15) is 0 Å². The van der Waals surface area contributed by atoms with E-state index < -0.39 is 17.8 Å². The predicted octanol–water partition coefficient (Wildman–Crippen LogP) is 0.982.